The standard InChI is InChI=1S/C9H15NO.C2H4/c11-10-4-7-1-8(5-10)3-9(2-7)6-10;1-2/h7-9H,1-6H2;1-2H2. The Morgan fingerprint density at radius 1 is 0.846 bits per heavy atom. The lowest BCUT2D eigenvalue weighted by Gasteiger charge is -2.60. The maximum absolute atomic E-state index is 11.9. The number of hydrogen-bond acceptors (Lipinski definition) is 1. The summed E-state index contributed by atoms with van der Waals surface area (Å²) >= 11 is 0. The van der Waals surface area contributed by atoms with Crippen LogP contribution >= 0.6 is 0 Å². The molecule has 4 rings (SSSR count). The van der Waals surface area contributed by atoms with Crippen molar-refractivity contribution in [1.82, 2.24) is 0 Å². The first-order chi connectivity index (χ1) is 6.23. The molecular weight excluding hydrogens is 162 g/mol. The van der Waals surface area contributed by atoms with Crippen LogP contribution in [0.2, 0.25) is 0 Å². The lowest BCUT2D eigenvalue weighted by Crippen LogP contribution is -2.62. The van der Waals surface area contributed by atoms with Crippen molar-refractivity contribution in [2.75, 3.05) is 19.6 Å². The molecule has 3 aliphatic heterocycles. The van der Waals surface area contributed by atoms with Crippen molar-refractivity contribution in [3.05, 3.63) is 18.4 Å². The lowest BCUT2D eigenvalue weighted by atomic mass is 9.68. The van der Waals surface area contributed by atoms with Gasteiger partial charge in [-0.1, -0.05) is 0 Å². The summed E-state index contributed by atoms with van der Waals surface area (Å²) in [7, 11) is 0. The highest BCUT2D eigenvalue weighted by atomic mass is 16.5. The molecule has 3 saturated heterocycles. The van der Waals surface area contributed by atoms with Gasteiger partial charge in [0.15, 0.2) is 0 Å². The molecule has 2 nitrogen and oxygen atoms in total. The van der Waals surface area contributed by atoms with Crippen LogP contribution in [0.5, 0.6) is 0 Å². The van der Waals surface area contributed by atoms with Crippen LogP contribution in [0.1, 0.15) is 19.3 Å². The van der Waals surface area contributed by atoms with Crippen LogP contribution in [0.4, 0.5) is 0 Å². The van der Waals surface area contributed by atoms with E-state index in [4.69, 9.17) is 0 Å². The Labute approximate surface area is 80.4 Å². The van der Waals surface area contributed by atoms with Crippen LogP contribution < -0.4 is 0 Å². The van der Waals surface area contributed by atoms with Gasteiger partial charge in [-0.2, -0.15) is 0 Å². The number of piperidine rings is 3. The topological polar surface area (TPSA) is 23.1 Å². The van der Waals surface area contributed by atoms with E-state index >= 15 is 0 Å². The Morgan fingerprint density at radius 3 is 1.38 bits per heavy atom. The molecule has 0 atom stereocenters. The predicted octanol–water partition coefficient (Wildman–Crippen LogP) is 2.16. The van der Waals surface area contributed by atoms with Crippen molar-refractivity contribution in [2.45, 2.75) is 19.3 Å². The van der Waals surface area contributed by atoms with E-state index in [1.54, 1.807) is 0 Å². The van der Waals surface area contributed by atoms with Crippen LogP contribution in [-0.4, -0.2) is 24.3 Å². The number of quaternary nitrogens is 1. The molecule has 2 heteroatoms. The molecule has 0 radical (unpaired) electrons. The molecule has 4 aliphatic rings. The SMILES string of the molecule is C=C.[O-][N+]12CC3CC(CC(C3)C1)C2. The first kappa shape index (κ1) is 9.22. The molecule has 0 N–H and O–H groups in total. The molecule has 4 fully saturated rings. The Morgan fingerprint density at radius 2 is 1.15 bits per heavy atom. The van der Waals surface area contributed by atoms with Gasteiger partial charge in [0.05, 0.1) is 19.6 Å². The van der Waals surface area contributed by atoms with Crippen LogP contribution in [0.25, 0.3) is 0 Å². The highest BCUT2D eigenvalue weighted by molar-refractivity contribution is 4.87. The van der Waals surface area contributed by atoms with Crippen molar-refractivity contribution in [2.24, 2.45) is 17.8 Å². The largest absolute Gasteiger partial charge is 0.633 e. The predicted molar refractivity (Wildman–Crippen MR) is 53.8 cm³/mol. The summed E-state index contributed by atoms with van der Waals surface area (Å²) in [5, 5.41) is 11.9. The maximum atomic E-state index is 11.9. The van der Waals surface area contributed by atoms with E-state index < -0.39 is 0 Å². The van der Waals surface area contributed by atoms with Gasteiger partial charge < -0.3 is 9.85 Å². The number of rotatable bonds is 0. The number of hydrogen-bond donors (Lipinski definition) is 0. The number of hydroxylamine groups is 3. The van der Waals surface area contributed by atoms with Crippen molar-refractivity contribution in [3.8, 4) is 0 Å². The van der Waals surface area contributed by atoms with Crippen molar-refractivity contribution >= 4 is 0 Å². The minimum Gasteiger partial charge on any atom is -0.633 e. The second-order valence-electron chi connectivity index (χ2n) is 4.91. The Hall–Kier alpha value is -0.340. The summed E-state index contributed by atoms with van der Waals surface area (Å²) in [6.45, 7) is 8.85. The first-order valence-electron chi connectivity index (χ1n) is 5.31. The van der Waals surface area contributed by atoms with Crippen LogP contribution in [-0.2, 0) is 0 Å². The van der Waals surface area contributed by atoms with E-state index in [-0.39, 0.29) is 4.65 Å². The zero-order valence-electron chi connectivity index (χ0n) is 8.24. The summed E-state index contributed by atoms with van der Waals surface area (Å²) in [6.07, 6.45) is 4.12. The molecule has 0 aromatic carbocycles. The summed E-state index contributed by atoms with van der Waals surface area (Å²) < 4.78 is 0.181. The average Bonchev–Trinajstić information content (AvgIpc) is 2.02. The van der Waals surface area contributed by atoms with E-state index in [1.807, 2.05) is 0 Å². The molecule has 0 amide bonds. The monoisotopic (exact) mass is 181 g/mol. The van der Waals surface area contributed by atoms with Crippen LogP contribution in [0, 0.1) is 23.0 Å². The lowest BCUT2D eigenvalue weighted by molar-refractivity contribution is -0.909. The van der Waals surface area contributed by atoms with Gasteiger partial charge in [-0.25, -0.2) is 0 Å². The van der Waals surface area contributed by atoms with Crippen LogP contribution in [0.15, 0.2) is 13.2 Å². The fraction of sp³-hybridized carbons (Fsp3) is 0.818. The summed E-state index contributed by atoms with van der Waals surface area (Å²) in [5.74, 6) is 2.41. The van der Waals surface area contributed by atoms with Gasteiger partial charge in [0.25, 0.3) is 0 Å². The maximum Gasteiger partial charge on any atom is 0.0812 e. The summed E-state index contributed by atoms with van der Waals surface area (Å²) in [5.41, 5.74) is 0. The van der Waals surface area contributed by atoms with E-state index in [9.17, 15) is 5.21 Å². The number of nitrogens with zero attached hydrogens (tertiary/aromatic N) is 1. The first-order valence-corrected chi connectivity index (χ1v) is 5.31. The molecule has 0 unspecified atom stereocenters. The Balaban J connectivity index is 0.000000308. The second-order valence-corrected chi connectivity index (χ2v) is 4.91. The van der Waals surface area contributed by atoms with Crippen molar-refractivity contribution in [3.63, 3.8) is 0 Å². The highest BCUT2D eigenvalue weighted by Crippen LogP contribution is 2.46. The van der Waals surface area contributed by atoms with E-state index in [0.717, 1.165) is 37.4 Å². The summed E-state index contributed by atoms with van der Waals surface area (Å²) in [6, 6.07) is 0. The van der Waals surface area contributed by atoms with E-state index in [0.29, 0.717) is 0 Å². The molecule has 4 bridgehead atoms. The normalized spacial score (nSPS) is 51.3. The Kier molecular flexibility index (Phi) is 2.20. The van der Waals surface area contributed by atoms with Gasteiger partial charge in [-0.05, 0) is 19.3 Å². The van der Waals surface area contributed by atoms with Gasteiger partial charge in [-0.15, -0.1) is 13.2 Å². The fourth-order valence-electron chi connectivity index (χ4n) is 3.79. The minimum absolute atomic E-state index is 0.181. The van der Waals surface area contributed by atoms with E-state index in [1.165, 1.54) is 19.3 Å². The average molecular weight is 181 g/mol. The van der Waals surface area contributed by atoms with Gasteiger partial charge in [0, 0.05) is 17.8 Å². The molecule has 3 heterocycles. The van der Waals surface area contributed by atoms with Crippen LogP contribution in [0.3, 0.4) is 0 Å². The summed E-state index contributed by atoms with van der Waals surface area (Å²) in [4.78, 5) is 0. The zero-order chi connectivity index (χ0) is 9.47. The molecule has 74 valence electrons. The third kappa shape index (κ3) is 1.53. The highest BCUT2D eigenvalue weighted by Gasteiger charge is 2.47. The molecule has 0 aromatic rings. The van der Waals surface area contributed by atoms with Gasteiger partial charge in [-0.3, -0.25) is 0 Å². The second kappa shape index (κ2) is 3.10. The molecule has 0 spiro atoms. The third-order valence-electron chi connectivity index (χ3n) is 3.77. The third-order valence-corrected chi connectivity index (χ3v) is 3.77. The van der Waals surface area contributed by atoms with Gasteiger partial charge in [0.2, 0.25) is 0 Å². The minimum atomic E-state index is 0.181. The van der Waals surface area contributed by atoms with Gasteiger partial charge >= 0.3 is 0 Å². The Bertz CT molecular complexity index is 167. The molecule has 13 heavy (non-hydrogen) atoms. The van der Waals surface area contributed by atoms with Gasteiger partial charge in [0.1, 0.15) is 0 Å². The van der Waals surface area contributed by atoms with Crippen molar-refractivity contribution < 1.29 is 4.65 Å². The molecular formula is C11H19NO. The molecule has 0 aromatic heterocycles. The smallest absolute Gasteiger partial charge is 0.0812 e. The molecule has 1 saturated carbocycles. The fourth-order valence-corrected chi connectivity index (χ4v) is 3.79. The molecule has 1 aliphatic carbocycles. The van der Waals surface area contributed by atoms with Crippen molar-refractivity contribution in [1.29, 1.82) is 0 Å². The zero-order valence-corrected chi connectivity index (χ0v) is 8.24. The van der Waals surface area contributed by atoms with E-state index in [2.05, 4.69) is 13.2 Å². The quantitative estimate of drug-likeness (QED) is 0.319.